The highest BCUT2D eigenvalue weighted by atomic mass is 16.5. The molecule has 53 heavy (non-hydrogen) atoms. The van der Waals surface area contributed by atoms with Gasteiger partial charge in [-0.05, 0) is 23.8 Å². The molecule has 1 fully saturated rings. The molecule has 0 aromatic heterocycles. The molecule has 1 aliphatic rings. The van der Waals surface area contributed by atoms with E-state index in [9.17, 15) is 38.4 Å². The zero-order valence-electron chi connectivity index (χ0n) is 31.4. The topological polar surface area (TPSA) is 226 Å². The Morgan fingerprint density at radius 3 is 2.23 bits per heavy atom. The third-order valence-electron chi connectivity index (χ3n) is 8.83. The largest absolute Gasteiger partial charge is 0.480 e. The first-order valence-electron chi connectivity index (χ1n) is 18.1. The Kier molecular flexibility index (Phi) is 19.0. The predicted octanol–water partition coefficient (Wildman–Crippen LogP) is 2.40. The smallest absolute Gasteiger partial charge is 0.329 e. The number of nitrogens with zero attached hydrogens (tertiary/aromatic N) is 1. The van der Waals surface area contributed by atoms with Gasteiger partial charge in [0.25, 0.3) is 0 Å². The number of ketones is 3. The number of primary amides is 1. The van der Waals surface area contributed by atoms with Gasteiger partial charge in [0.1, 0.15) is 12.6 Å². The van der Waals surface area contributed by atoms with E-state index in [1.54, 1.807) is 20.8 Å². The molecule has 0 spiro atoms. The second-order valence-corrected chi connectivity index (χ2v) is 14.2. The number of aliphatic carboxylic acids is 1. The molecule has 1 aromatic carbocycles. The molecule has 0 radical (unpaired) electrons. The number of carbonyl (C=O) groups excluding carboxylic acids is 7. The molecule has 0 bridgehead atoms. The maximum Gasteiger partial charge on any atom is 0.329 e. The number of carboxylic acid groups (broad SMARTS) is 1. The van der Waals surface area contributed by atoms with Crippen LogP contribution in [0.25, 0.3) is 0 Å². The summed E-state index contributed by atoms with van der Waals surface area (Å²) in [5, 5.41) is 11.6. The molecule has 15 heteroatoms. The Hall–Kier alpha value is -4.50. The van der Waals surface area contributed by atoms with Crippen LogP contribution in [0, 0.1) is 23.7 Å². The van der Waals surface area contributed by atoms with Crippen molar-refractivity contribution in [1.82, 2.24) is 10.2 Å². The average Bonchev–Trinajstić information content (AvgIpc) is 3.54. The Morgan fingerprint density at radius 1 is 0.962 bits per heavy atom. The minimum Gasteiger partial charge on any atom is -0.480 e. The molecule has 0 saturated carbocycles. The van der Waals surface area contributed by atoms with Crippen molar-refractivity contribution in [1.29, 1.82) is 0 Å². The van der Waals surface area contributed by atoms with Gasteiger partial charge in [-0.3, -0.25) is 33.6 Å². The van der Waals surface area contributed by atoms with Gasteiger partial charge >= 0.3 is 11.9 Å². The molecule has 3 unspecified atom stereocenters. The highest BCUT2D eigenvalue weighted by molar-refractivity contribution is 6.38. The van der Waals surface area contributed by atoms with Crippen molar-refractivity contribution in [3.63, 3.8) is 0 Å². The van der Waals surface area contributed by atoms with Gasteiger partial charge in [-0.2, -0.15) is 0 Å². The van der Waals surface area contributed by atoms with Crippen LogP contribution in [0.2, 0.25) is 0 Å². The first-order valence-corrected chi connectivity index (χ1v) is 18.1. The van der Waals surface area contributed by atoms with Gasteiger partial charge < -0.3 is 35.3 Å². The van der Waals surface area contributed by atoms with Crippen LogP contribution in [-0.2, 0) is 59.2 Å². The fourth-order valence-electron chi connectivity index (χ4n) is 5.94. The van der Waals surface area contributed by atoms with E-state index in [2.05, 4.69) is 5.32 Å². The molecule has 1 aromatic rings. The van der Waals surface area contributed by atoms with E-state index in [1.165, 1.54) is 4.90 Å². The van der Waals surface area contributed by atoms with Crippen LogP contribution in [0.15, 0.2) is 30.3 Å². The van der Waals surface area contributed by atoms with Gasteiger partial charge in [0.05, 0.1) is 44.3 Å². The summed E-state index contributed by atoms with van der Waals surface area (Å²) in [4.78, 5) is 104. The van der Waals surface area contributed by atoms with Gasteiger partial charge in [0.15, 0.2) is 11.6 Å². The minimum absolute atomic E-state index is 0.0300. The van der Waals surface area contributed by atoms with Crippen LogP contribution in [0.3, 0.4) is 0 Å². The maximum atomic E-state index is 13.9. The summed E-state index contributed by atoms with van der Waals surface area (Å²) < 4.78 is 16.3. The van der Waals surface area contributed by atoms with E-state index < -0.39 is 96.5 Å². The number of amides is 3. The van der Waals surface area contributed by atoms with Crippen LogP contribution in [0.1, 0.15) is 85.1 Å². The van der Waals surface area contributed by atoms with Gasteiger partial charge in [-0.15, -0.1) is 0 Å². The Bertz CT molecular complexity index is 1430. The van der Waals surface area contributed by atoms with Crippen molar-refractivity contribution in [2.75, 3.05) is 26.4 Å². The van der Waals surface area contributed by atoms with Crippen molar-refractivity contribution in [3.05, 3.63) is 35.9 Å². The van der Waals surface area contributed by atoms with Crippen LogP contribution >= 0.6 is 0 Å². The molecule has 5 atom stereocenters. The minimum atomic E-state index is -1.23. The van der Waals surface area contributed by atoms with Crippen LogP contribution < -0.4 is 11.1 Å². The van der Waals surface area contributed by atoms with E-state index in [1.807, 2.05) is 44.2 Å². The quantitative estimate of drug-likeness (QED) is 0.0969. The molecule has 1 heterocycles. The molecule has 1 saturated heterocycles. The average molecular weight is 746 g/mol. The molecule has 0 aliphatic carbocycles. The van der Waals surface area contributed by atoms with Gasteiger partial charge in [0, 0.05) is 38.1 Å². The second-order valence-electron chi connectivity index (χ2n) is 14.2. The second kappa shape index (κ2) is 22.5. The number of hydrogen-bond acceptors (Lipinski definition) is 11. The van der Waals surface area contributed by atoms with Crippen molar-refractivity contribution >= 4 is 47.0 Å². The lowest BCUT2D eigenvalue weighted by atomic mass is 9.87. The molecule has 4 N–H and O–H groups in total. The normalized spacial score (nSPS) is 17.2. The zero-order valence-corrected chi connectivity index (χ0v) is 31.4. The number of Topliss-reactive ketones (excluding diaryl/α,β-unsaturated/α-hetero) is 3. The number of likely N-dealkylation sites (tertiary alicyclic amines) is 1. The Balaban J connectivity index is 2.10. The molecular weight excluding hydrogens is 690 g/mol. The molecule has 3 amide bonds. The third kappa shape index (κ3) is 15.6. The summed E-state index contributed by atoms with van der Waals surface area (Å²) in [7, 11) is 0. The summed E-state index contributed by atoms with van der Waals surface area (Å²) in [5.74, 6) is -8.13. The van der Waals surface area contributed by atoms with Crippen LogP contribution in [0.5, 0.6) is 0 Å². The van der Waals surface area contributed by atoms with Crippen molar-refractivity contribution in [3.8, 4) is 0 Å². The first kappa shape index (κ1) is 44.7. The number of nitrogens with one attached hydrogen (secondary N) is 1. The zero-order chi connectivity index (χ0) is 39.7. The number of nitrogens with two attached hydrogens (primary N) is 1. The molecule has 15 nitrogen and oxygen atoms in total. The number of ether oxygens (including phenoxy) is 3. The van der Waals surface area contributed by atoms with Crippen molar-refractivity contribution in [2.45, 2.75) is 104 Å². The molecule has 2 rings (SSSR count). The summed E-state index contributed by atoms with van der Waals surface area (Å²) in [6.45, 7) is 8.47. The lowest BCUT2D eigenvalue weighted by Crippen LogP contribution is -2.47. The van der Waals surface area contributed by atoms with E-state index in [-0.39, 0.29) is 63.9 Å². The van der Waals surface area contributed by atoms with E-state index >= 15 is 0 Å². The Labute approximate surface area is 310 Å². The van der Waals surface area contributed by atoms with Crippen molar-refractivity contribution in [2.24, 2.45) is 29.4 Å². The summed E-state index contributed by atoms with van der Waals surface area (Å²) in [5.41, 5.74) is 6.27. The number of carbonyl (C=O) groups is 8. The number of benzene rings is 1. The highest BCUT2D eigenvalue weighted by Gasteiger charge is 2.44. The van der Waals surface area contributed by atoms with Crippen LogP contribution in [0.4, 0.5) is 0 Å². The number of carboxylic acids is 1. The predicted molar refractivity (Wildman–Crippen MR) is 191 cm³/mol. The first-order chi connectivity index (χ1) is 25.0. The third-order valence-corrected chi connectivity index (χ3v) is 8.83. The maximum absolute atomic E-state index is 13.9. The van der Waals surface area contributed by atoms with E-state index in [0.29, 0.717) is 6.42 Å². The summed E-state index contributed by atoms with van der Waals surface area (Å²) in [6, 6.07) is 6.90. The van der Waals surface area contributed by atoms with E-state index in [4.69, 9.17) is 25.1 Å². The summed E-state index contributed by atoms with van der Waals surface area (Å²) >= 11 is 0. The highest BCUT2D eigenvalue weighted by Crippen LogP contribution is 2.30. The molecule has 294 valence electrons. The van der Waals surface area contributed by atoms with Gasteiger partial charge in [0.2, 0.25) is 23.5 Å². The van der Waals surface area contributed by atoms with Crippen molar-refractivity contribution < 1.29 is 57.7 Å². The van der Waals surface area contributed by atoms with Gasteiger partial charge in [-0.1, -0.05) is 71.4 Å². The Morgan fingerprint density at radius 2 is 1.64 bits per heavy atom. The number of rotatable bonds is 25. The van der Waals surface area contributed by atoms with E-state index in [0.717, 1.165) is 5.56 Å². The lowest BCUT2D eigenvalue weighted by Gasteiger charge is -2.30. The monoisotopic (exact) mass is 745 g/mol. The fourth-order valence-corrected chi connectivity index (χ4v) is 5.94. The molecule has 1 aliphatic heterocycles. The summed E-state index contributed by atoms with van der Waals surface area (Å²) in [6.07, 6.45) is -1.68. The number of esters is 1. The van der Waals surface area contributed by atoms with Gasteiger partial charge in [-0.25, -0.2) is 4.79 Å². The SMILES string of the molecule is CCCC(CC(=O)[C@@H]1C[C@@H](OCC(=O)O)CN1C(=O)C(CC(=O)OCC(C)C)C(C)C)C(=O)C(=O)CCC(=O)NC(COCc1ccccc1)C(N)=O. The van der Waals surface area contributed by atoms with Crippen LogP contribution in [-0.4, -0.2) is 102 Å². The molecular formula is C38H55N3O12. The standard InChI is InChI=1S/C38H55N3O12/c1-6-10-26(36(48)31(42)13-14-33(44)40-29(37(39)49)21-51-20-25-11-8-7-9-12-25)15-32(43)30-16-27(52-22-34(45)46)18-41(30)38(50)28(24(4)5)17-35(47)53-19-23(2)3/h7-9,11-12,23-24,26-30H,6,10,13-22H2,1-5H3,(H2,39,49)(H,40,44)(H,45,46)/t26?,27-,28?,29?,30+/m1/s1. The fraction of sp³-hybridized carbons (Fsp3) is 0.632. The number of hydrogen-bond donors (Lipinski definition) is 3. The lowest BCUT2D eigenvalue weighted by molar-refractivity contribution is -0.152.